The monoisotopic (exact) mass is 380 g/mol. The molecule has 0 bridgehead atoms. The summed E-state index contributed by atoms with van der Waals surface area (Å²) >= 11 is 0. The first-order chi connectivity index (χ1) is 13.5. The van der Waals surface area contributed by atoms with Gasteiger partial charge < -0.3 is 14.2 Å². The molecule has 0 aromatic heterocycles. The number of benzene rings is 2. The van der Waals surface area contributed by atoms with Gasteiger partial charge in [0.2, 0.25) is 5.78 Å². The number of ketones is 2. The number of carbonyl (C=O) groups is 3. The normalized spacial score (nSPS) is 17.3. The number of esters is 1. The average Bonchev–Trinajstić information content (AvgIpc) is 2.69. The maximum atomic E-state index is 13.3. The average molecular weight is 380 g/mol. The molecule has 2 aromatic rings. The lowest BCUT2D eigenvalue weighted by Gasteiger charge is -2.29. The van der Waals surface area contributed by atoms with E-state index in [9.17, 15) is 14.4 Å². The Balaban J connectivity index is 1.89. The number of carbonyl (C=O) groups excluding carboxylic acids is 3. The molecule has 0 amide bonds. The fourth-order valence-electron chi connectivity index (χ4n) is 4.22. The number of ether oxygens (including phenoxy) is 3. The van der Waals surface area contributed by atoms with Gasteiger partial charge in [-0.25, -0.2) is 0 Å². The van der Waals surface area contributed by atoms with Crippen molar-refractivity contribution in [1.82, 2.24) is 0 Å². The summed E-state index contributed by atoms with van der Waals surface area (Å²) in [6.07, 6.45) is 1.49. The smallest absolute Gasteiger partial charge is 0.302 e. The Morgan fingerprint density at radius 3 is 2.50 bits per heavy atom. The van der Waals surface area contributed by atoms with Crippen molar-refractivity contribution in [3.8, 4) is 11.5 Å². The summed E-state index contributed by atoms with van der Waals surface area (Å²) in [4.78, 5) is 37.8. The van der Waals surface area contributed by atoms with Crippen LogP contribution in [-0.4, -0.2) is 37.9 Å². The third kappa shape index (κ3) is 2.68. The highest BCUT2D eigenvalue weighted by atomic mass is 16.5. The first kappa shape index (κ1) is 18.2. The Morgan fingerprint density at radius 2 is 1.82 bits per heavy atom. The van der Waals surface area contributed by atoms with Crippen LogP contribution in [0.15, 0.2) is 24.3 Å². The molecular weight excluding hydrogens is 360 g/mol. The third-order valence-corrected chi connectivity index (χ3v) is 5.37. The molecule has 0 spiro atoms. The minimum absolute atomic E-state index is 0.237. The van der Waals surface area contributed by atoms with E-state index in [1.165, 1.54) is 21.1 Å². The molecule has 2 aliphatic rings. The zero-order chi connectivity index (χ0) is 20.0. The van der Waals surface area contributed by atoms with Crippen LogP contribution >= 0.6 is 0 Å². The minimum Gasteiger partial charge on any atom is -0.496 e. The van der Waals surface area contributed by atoms with Gasteiger partial charge >= 0.3 is 5.97 Å². The molecule has 0 aliphatic heterocycles. The second-order valence-electron chi connectivity index (χ2n) is 6.99. The summed E-state index contributed by atoms with van der Waals surface area (Å²) in [5.74, 6) is -0.0338. The lowest BCUT2D eigenvalue weighted by Crippen LogP contribution is -2.28. The van der Waals surface area contributed by atoms with Gasteiger partial charge in [0.25, 0.3) is 0 Å². The second-order valence-corrected chi connectivity index (χ2v) is 6.99. The van der Waals surface area contributed by atoms with Crippen LogP contribution in [0.1, 0.15) is 56.3 Å². The van der Waals surface area contributed by atoms with Crippen LogP contribution in [0.3, 0.4) is 0 Å². The van der Waals surface area contributed by atoms with E-state index in [0.29, 0.717) is 41.9 Å². The van der Waals surface area contributed by atoms with Gasteiger partial charge in [0.15, 0.2) is 5.78 Å². The van der Waals surface area contributed by atoms with Gasteiger partial charge in [0.05, 0.1) is 25.3 Å². The molecule has 0 radical (unpaired) electrons. The van der Waals surface area contributed by atoms with Gasteiger partial charge in [-0.3, -0.25) is 14.4 Å². The molecule has 0 heterocycles. The van der Waals surface area contributed by atoms with Gasteiger partial charge in [0, 0.05) is 24.5 Å². The summed E-state index contributed by atoms with van der Waals surface area (Å²) in [7, 11) is 2.98. The van der Waals surface area contributed by atoms with Crippen LogP contribution in [0.4, 0.5) is 0 Å². The van der Waals surface area contributed by atoms with E-state index in [-0.39, 0.29) is 34.8 Å². The second kappa shape index (κ2) is 6.78. The SMILES string of the molecule is COc1cccc2c1C(=O)c1c(cc3c(c1OC)CCC(OC(C)=O)C3)C2=O. The summed E-state index contributed by atoms with van der Waals surface area (Å²) in [6, 6.07) is 6.75. The molecule has 0 N–H and O–H groups in total. The van der Waals surface area contributed by atoms with E-state index in [1.54, 1.807) is 24.3 Å². The summed E-state index contributed by atoms with van der Waals surface area (Å²) in [6.45, 7) is 1.38. The van der Waals surface area contributed by atoms with Crippen molar-refractivity contribution in [3.63, 3.8) is 0 Å². The number of fused-ring (bicyclic) bond motifs is 3. The van der Waals surface area contributed by atoms with Crippen molar-refractivity contribution in [1.29, 1.82) is 0 Å². The van der Waals surface area contributed by atoms with Crippen LogP contribution in [0.5, 0.6) is 11.5 Å². The predicted octanol–water partition coefficient (Wildman–Crippen LogP) is 2.90. The van der Waals surface area contributed by atoms with E-state index >= 15 is 0 Å². The van der Waals surface area contributed by atoms with Crippen molar-refractivity contribution < 1.29 is 28.6 Å². The zero-order valence-electron chi connectivity index (χ0n) is 16.0. The van der Waals surface area contributed by atoms with Crippen molar-refractivity contribution in [2.45, 2.75) is 32.3 Å². The molecule has 2 aromatic carbocycles. The van der Waals surface area contributed by atoms with Gasteiger partial charge in [-0.2, -0.15) is 0 Å². The molecule has 144 valence electrons. The van der Waals surface area contributed by atoms with E-state index in [4.69, 9.17) is 14.2 Å². The molecule has 6 nitrogen and oxygen atoms in total. The fraction of sp³-hybridized carbons (Fsp3) is 0.318. The predicted molar refractivity (Wildman–Crippen MR) is 100 cm³/mol. The number of hydrogen-bond acceptors (Lipinski definition) is 6. The Kier molecular flexibility index (Phi) is 4.41. The van der Waals surface area contributed by atoms with E-state index in [2.05, 4.69) is 0 Å². The van der Waals surface area contributed by atoms with Crippen molar-refractivity contribution in [3.05, 3.63) is 57.6 Å². The van der Waals surface area contributed by atoms with Crippen LogP contribution < -0.4 is 9.47 Å². The summed E-state index contributed by atoms with van der Waals surface area (Å²) in [5.41, 5.74) is 2.98. The Morgan fingerprint density at radius 1 is 1.04 bits per heavy atom. The van der Waals surface area contributed by atoms with Crippen molar-refractivity contribution in [2.75, 3.05) is 14.2 Å². The van der Waals surface area contributed by atoms with Gasteiger partial charge in [0.1, 0.15) is 17.6 Å². The highest BCUT2D eigenvalue weighted by Crippen LogP contribution is 2.42. The van der Waals surface area contributed by atoms with Crippen LogP contribution in [0.2, 0.25) is 0 Å². The van der Waals surface area contributed by atoms with E-state index in [0.717, 1.165) is 11.1 Å². The molecule has 0 fully saturated rings. The molecule has 28 heavy (non-hydrogen) atoms. The van der Waals surface area contributed by atoms with Crippen LogP contribution in [0.25, 0.3) is 0 Å². The number of hydrogen-bond donors (Lipinski definition) is 0. The Bertz CT molecular complexity index is 1020. The largest absolute Gasteiger partial charge is 0.496 e. The lowest BCUT2D eigenvalue weighted by molar-refractivity contribution is -0.146. The summed E-state index contributed by atoms with van der Waals surface area (Å²) < 4.78 is 16.3. The lowest BCUT2D eigenvalue weighted by atomic mass is 9.78. The van der Waals surface area contributed by atoms with Crippen molar-refractivity contribution >= 4 is 17.5 Å². The molecular formula is C22H20O6. The summed E-state index contributed by atoms with van der Waals surface area (Å²) in [5, 5.41) is 0. The molecule has 4 rings (SSSR count). The highest BCUT2D eigenvalue weighted by Gasteiger charge is 2.38. The fourth-order valence-corrected chi connectivity index (χ4v) is 4.22. The molecule has 0 saturated heterocycles. The molecule has 0 saturated carbocycles. The minimum atomic E-state index is -0.328. The maximum absolute atomic E-state index is 13.3. The molecule has 1 atom stereocenters. The Labute approximate surface area is 162 Å². The van der Waals surface area contributed by atoms with E-state index in [1.807, 2.05) is 0 Å². The molecule has 1 unspecified atom stereocenters. The van der Waals surface area contributed by atoms with E-state index < -0.39 is 0 Å². The van der Waals surface area contributed by atoms with Crippen molar-refractivity contribution in [2.24, 2.45) is 0 Å². The van der Waals surface area contributed by atoms with Gasteiger partial charge in [-0.15, -0.1) is 0 Å². The third-order valence-electron chi connectivity index (χ3n) is 5.37. The quantitative estimate of drug-likeness (QED) is 0.650. The van der Waals surface area contributed by atoms with Crippen LogP contribution in [-0.2, 0) is 22.4 Å². The first-order valence-electron chi connectivity index (χ1n) is 9.12. The zero-order valence-corrected chi connectivity index (χ0v) is 16.0. The van der Waals surface area contributed by atoms with Crippen LogP contribution in [0, 0.1) is 0 Å². The number of methoxy groups -OCH3 is 2. The topological polar surface area (TPSA) is 78.9 Å². The Hall–Kier alpha value is -3.15. The van der Waals surface area contributed by atoms with Gasteiger partial charge in [-0.1, -0.05) is 12.1 Å². The highest BCUT2D eigenvalue weighted by molar-refractivity contribution is 6.30. The first-order valence-corrected chi connectivity index (χ1v) is 9.12. The van der Waals surface area contributed by atoms with Gasteiger partial charge in [-0.05, 0) is 36.1 Å². The number of rotatable bonds is 3. The standard InChI is InChI=1S/C22H20O6/c1-11(23)28-13-7-8-14-12(9-13)10-16-19(22(14)27-3)21(25)18-15(20(16)24)5-4-6-17(18)26-2/h4-6,10,13H,7-9H2,1-3H3. The molecule has 2 aliphatic carbocycles. The molecule has 6 heteroatoms. The maximum Gasteiger partial charge on any atom is 0.302 e.